The van der Waals surface area contributed by atoms with Crippen molar-refractivity contribution in [1.82, 2.24) is 4.98 Å². The van der Waals surface area contributed by atoms with Crippen LogP contribution in [0.25, 0.3) is 11.1 Å². The Morgan fingerprint density at radius 2 is 2.04 bits per heavy atom. The standard InChI is InChI=1S/C16H12Cl2N2O2S/c1-9(15(21)19-12-7-6-10(17)8-11(12)18)23-16-20-13-4-2-3-5-14(13)22-16/h2-9H,1H3,(H,19,21)/t9-/m1/s1. The fourth-order valence-corrected chi connectivity index (χ4v) is 3.14. The number of anilines is 1. The van der Waals surface area contributed by atoms with Gasteiger partial charge in [0.2, 0.25) is 5.91 Å². The summed E-state index contributed by atoms with van der Waals surface area (Å²) in [6, 6.07) is 12.4. The smallest absolute Gasteiger partial charge is 0.257 e. The molecule has 118 valence electrons. The summed E-state index contributed by atoms with van der Waals surface area (Å²) in [7, 11) is 0. The van der Waals surface area contributed by atoms with Gasteiger partial charge in [0.05, 0.1) is 16.0 Å². The van der Waals surface area contributed by atoms with E-state index in [1.807, 2.05) is 24.3 Å². The summed E-state index contributed by atoms with van der Waals surface area (Å²) in [5.74, 6) is -0.193. The van der Waals surface area contributed by atoms with E-state index in [4.69, 9.17) is 27.6 Å². The maximum atomic E-state index is 12.3. The average molecular weight is 367 g/mol. The van der Waals surface area contributed by atoms with E-state index < -0.39 is 5.25 Å². The Kier molecular flexibility index (Phi) is 4.80. The van der Waals surface area contributed by atoms with Gasteiger partial charge in [0.15, 0.2) is 5.58 Å². The second-order valence-corrected chi connectivity index (χ2v) is 6.96. The van der Waals surface area contributed by atoms with E-state index in [0.29, 0.717) is 26.5 Å². The Morgan fingerprint density at radius 1 is 1.26 bits per heavy atom. The van der Waals surface area contributed by atoms with Crippen LogP contribution in [-0.4, -0.2) is 16.1 Å². The number of hydrogen-bond donors (Lipinski definition) is 1. The molecule has 1 heterocycles. The van der Waals surface area contributed by atoms with Gasteiger partial charge in [-0.05, 0) is 37.3 Å². The van der Waals surface area contributed by atoms with Gasteiger partial charge in [-0.15, -0.1) is 0 Å². The highest BCUT2D eigenvalue weighted by Gasteiger charge is 2.19. The van der Waals surface area contributed by atoms with E-state index in [1.165, 1.54) is 11.8 Å². The fraction of sp³-hybridized carbons (Fsp3) is 0.125. The Hall–Kier alpha value is -1.69. The SMILES string of the molecule is C[C@@H](Sc1nc2ccccc2o1)C(=O)Nc1ccc(Cl)cc1Cl. The number of nitrogens with one attached hydrogen (secondary N) is 1. The lowest BCUT2D eigenvalue weighted by Crippen LogP contribution is -2.22. The third-order valence-electron chi connectivity index (χ3n) is 3.11. The van der Waals surface area contributed by atoms with Crippen molar-refractivity contribution in [1.29, 1.82) is 0 Å². The molecule has 0 spiro atoms. The van der Waals surface area contributed by atoms with Crippen molar-refractivity contribution in [2.45, 2.75) is 17.4 Å². The van der Waals surface area contributed by atoms with Gasteiger partial charge in [-0.25, -0.2) is 4.98 Å². The summed E-state index contributed by atoms with van der Waals surface area (Å²) in [5, 5.41) is 3.74. The number of hydrogen-bond acceptors (Lipinski definition) is 4. The number of oxazole rings is 1. The lowest BCUT2D eigenvalue weighted by Gasteiger charge is -2.11. The minimum atomic E-state index is -0.394. The van der Waals surface area contributed by atoms with Crippen molar-refractivity contribution in [3.63, 3.8) is 0 Å². The molecular weight excluding hydrogens is 355 g/mol. The molecular formula is C16H12Cl2N2O2S. The number of carbonyl (C=O) groups is 1. The van der Waals surface area contributed by atoms with Crippen molar-refractivity contribution >= 4 is 57.7 Å². The first-order valence-electron chi connectivity index (χ1n) is 6.81. The number of benzene rings is 2. The zero-order chi connectivity index (χ0) is 16.4. The Balaban J connectivity index is 1.69. The first kappa shape index (κ1) is 16.2. The summed E-state index contributed by atoms with van der Waals surface area (Å²) < 4.78 is 5.61. The van der Waals surface area contributed by atoms with Crippen LogP contribution in [-0.2, 0) is 4.79 Å². The van der Waals surface area contributed by atoms with Crippen LogP contribution >= 0.6 is 35.0 Å². The largest absolute Gasteiger partial charge is 0.431 e. The highest BCUT2D eigenvalue weighted by Crippen LogP contribution is 2.29. The third-order valence-corrected chi connectivity index (χ3v) is 4.60. The van der Waals surface area contributed by atoms with Gasteiger partial charge < -0.3 is 9.73 Å². The number of amides is 1. The number of halogens is 2. The quantitative estimate of drug-likeness (QED) is 0.640. The molecule has 1 N–H and O–H groups in total. The lowest BCUT2D eigenvalue weighted by atomic mass is 10.3. The number of carbonyl (C=O) groups excluding carboxylic acids is 1. The zero-order valence-corrected chi connectivity index (χ0v) is 14.4. The number of thioether (sulfide) groups is 1. The normalized spacial score (nSPS) is 12.3. The van der Waals surface area contributed by atoms with Crippen LogP contribution in [0.15, 0.2) is 52.1 Å². The molecule has 3 aromatic rings. The predicted molar refractivity (Wildman–Crippen MR) is 94.4 cm³/mol. The molecule has 0 fully saturated rings. The summed E-state index contributed by atoms with van der Waals surface area (Å²) in [4.78, 5) is 16.6. The molecule has 0 aliphatic heterocycles. The molecule has 3 rings (SSSR count). The monoisotopic (exact) mass is 366 g/mol. The molecule has 1 atom stereocenters. The van der Waals surface area contributed by atoms with Crippen molar-refractivity contribution in [2.24, 2.45) is 0 Å². The highest BCUT2D eigenvalue weighted by molar-refractivity contribution is 8.00. The van der Waals surface area contributed by atoms with Crippen LogP contribution < -0.4 is 5.32 Å². The van der Waals surface area contributed by atoms with Gasteiger partial charge in [-0.1, -0.05) is 47.1 Å². The minimum Gasteiger partial charge on any atom is -0.431 e. The molecule has 23 heavy (non-hydrogen) atoms. The number of aromatic nitrogens is 1. The minimum absolute atomic E-state index is 0.193. The van der Waals surface area contributed by atoms with Crippen LogP contribution in [0.2, 0.25) is 10.0 Å². The number of rotatable bonds is 4. The molecule has 0 aliphatic carbocycles. The molecule has 0 saturated carbocycles. The molecule has 0 radical (unpaired) electrons. The van der Waals surface area contributed by atoms with Gasteiger partial charge in [0, 0.05) is 5.02 Å². The van der Waals surface area contributed by atoms with Gasteiger partial charge in [-0.2, -0.15) is 0 Å². The highest BCUT2D eigenvalue weighted by atomic mass is 35.5. The second-order valence-electron chi connectivity index (χ2n) is 4.82. The fourth-order valence-electron chi connectivity index (χ4n) is 1.93. The van der Waals surface area contributed by atoms with E-state index in [0.717, 1.165) is 5.52 Å². The van der Waals surface area contributed by atoms with Crippen LogP contribution in [0.5, 0.6) is 0 Å². The van der Waals surface area contributed by atoms with E-state index in [2.05, 4.69) is 10.3 Å². The average Bonchev–Trinajstić information content (AvgIpc) is 2.92. The third kappa shape index (κ3) is 3.80. The maximum Gasteiger partial charge on any atom is 0.257 e. The second kappa shape index (κ2) is 6.83. The summed E-state index contributed by atoms with van der Waals surface area (Å²) in [5.41, 5.74) is 1.98. The number of fused-ring (bicyclic) bond motifs is 1. The molecule has 0 saturated heterocycles. The van der Waals surface area contributed by atoms with Crippen molar-refractivity contribution in [3.8, 4) is 0 Å². The molecule has 2 aromatic carbocycles. The summed E-state index contributed by atoms with van der Waals surface area (Å²) >= 11 is 13.1. The van der Waals surface area contributed by atoms with Gasteiger partial charge in [0.1, 0.15) is 5.52 Å². The van der Waals surface area contributed by atoms with E-state index in [1.54, 1.807) is 25.1 Å². The zero-order valence-electron chi connectivity index (χ0n) is 12.0. The predicted octanol–water partition coefficient (Wildman–Crippen LogP) is 5.25. The van der Waals surface area contributed by atoms with Crippen molar-refractivity contribution < 1.29 is 9.21 Å². The summed E-state index contributed by atoms with van der Waals surface area (Å²) in [6.45, 7) is 1.78. The van der Waals surface area contributed by atoms with Crippen LogP contribution in [0, 0.1) is 0 Å². The molecule has 1 amide bonds. The van der Waals surface area contributed by atoms with Gasteiger partial charge >= 0.3 is 0 Å². The molecule has 0 unspecified atom stereocenters. The Bertz CT molecular complexity index is 833. The first-order chi connectivity index (χ1) is 11.0. The van der Waals surface area contributed by atoms with E-state index in [-0.39, 0.29) is 5.91 Å². The molecule has 1 aromatic heterocycles. The van der Waals surface area contributed by atoms with Gasteiger partial charge in [-0.3, -0.25) is 4.79 Å². The van der Waals surface area contributed by atoms with E-state index in [9.17, 15) is 4.79 Å². The van der Waals surface area contributed by atoms with Crippen molar-refractivity contribution in [2.75, 3.05) is 5.32 Å². The first-order valence-corrected chi connectivity index (χ1v) is 8.44. The molecule has 0 bridgehead atoms. The maximum absolute atomic E-state index is 12.3. The number of nitrogens with zero attached hydrogens (tertiary/aromatic N) is 1. The number of para-hydroxylation sites is 2. The van der Waals surface area contributed by atoms with Crippen LogP contribution in [0.3, 0.4) is 0 Å². The van der Waals surface area contributed by atoms with E-state index >= 15 is 0 Å². The summed E-state index contributed by atoms with van der Waals surface area (Å²) in [6.07, 6.45) is 0. The topological polar surface area (TPSA) is 55.1 Å². The molecule has 7 heteroatoms. The molecule has 4 nitrogen and oxygen atoms in total. The van der Waals surface area contributed by atoms with Crippen LogP contribution in [0.4, 0.5) is 5.69 Å². The van der Waals surface area contributed by atoms with Crippen molar-refractivity contribution in [3.05, 3.63) is 52.5 Å². The molecule has 0 aliphatic rings. The van der Waals surface area contributed by atoms with Crippen LogP contribution in [0.1, 0.15) is 6.92 Å². The van der Waals surface area contributed by atoms with Gasteiger partial charge in [0.25, 0.3) is 5.22 Å². The Morgan fingerprint density at radius 3 is 2.78 bits per heavy atom. The lowest BCUT2D eigenvalue weighted by molar-refractivity contribution is -0.115. The Labute approximate surface area is 147 Å².